The number of anilines is 1. The van der Waals surface area contributed by atoms with Crippen LogP contribution in [0.4, 0.5) is 11.4 Å². The van der Waals surface area contributed by atoms with Crippen molar-refractivity contribution in [1.29, 1.82) is 0 Å². The van der Waals surface area contributed by atoms with Crippen LogP contribution in [-0.4, -0.2) is 35.3 Å². The number of benzene rings is 1. The molecular weight excluding hydrogens is 264 g/mol. The quantitative estimate of drug-likeness (QED) is 0.633. The minimum atomic E-state index is -1.11. The van der Waals surface area contributed by atoms with E-state index in [2.05, 4.69) is 5.32 Å². The fraction of sp³-hybridized carbons (Fsp3) is 0.462. The van der Waals surface area contributed by atoms with Crippen LogP contribution in [0, 0.1) is 10.1 Å². The SMILES string of the molecule is O=C(O)c1ccc([N+](=O)[O-])c(NC[C@@H]2CCCCO2)c1. The van der Waals surface area contributed by atoms with Crippen LogP contribution in [0.3, 0.4) is 0 Å². The molecular formula is C13H16N2O5. The van der Waals surface area contributed by atoms with Gasteiger partial charge in [-0.15, -0.1) is 0 Å². The number of nitrogens with zero attached hydrogens (tertiary/aromatic N) is 1. The fourth-order valence-corrected chi connectivity index (χ4v) is 2.16. The summed E-state index contributed by atoms with van der Waals surface area (Å²) < 4.78 is 5.53. The summed E-state index contributed by atoms with van der Waals surface area (Å²) in [6.45, 7) is 1.13. The van der Waals surface area contributed by atoms with Crippen molar-refractivity contribution in [2.45, 2.75) is 25.4 Å². The highest BCUT2D eigenvalue weighted by Gasteiger charge is 2.19. The number of carboxylic acid groups (broad SMARTS) is 1. The molecule has 0 unspecified atom stereocenters. The smallest absolute Gasteiger partial charge is 0.335 e. The highest BCUT2D eigenvalue weighted by atomic mass is 16.6. The highest BCUT2D eigenvalue weighted by Crippen LogP contribution is 2.26. The van der Waals surface area contributed by atoms with E-state index in [4.69, 9.17) is 9.84 Å². The molecule has 1 aromatic carbocycles. The van der Waals surface area contributed by atoms with Crippen LogP contribution in [-0.2, 0) is 4.74 Å². The van der Waals surface area contributed by atoms with Crippen LogP contribution in [0.25, 0.3) is 0 Å². The Morgan fingerprint density at radius 1 is 1.50 bits per heavy atom. The number of nitro benzene ring substituents is 1. The lowest BCUT2D eigenvalue weighted by Gasteiger charge is -2.23. The molecule has 0 radical (unpaired) electrons. The average molecular weight is 280 g/mol. The largest absolute Gasteiger partial charge is 0.478 e. The molecule has 0 saturated carbocycles. The summed E-state index contributed by atoms with van der Waals surface area (Å²) in [6, 6.07) is 3.71. The van der Waals surface area contributed by atoms with Gasteiger partial charge in [-0.2, -0.15) is 0 Å². The average Bonchev–Trinajstić information content (AvgIpc) is 2.45. The Hall–Kier alpha value is -2.15. The second kappa shape index (κ2) is 6.33. The number of ether oxygens (including phenoxy) is 1. The van der Waals surface area contributed by atoms with Crippen LogP contribution in [0.1, 0.15) is 29.6 Å². The number of rotatable bonds is 5. The van der Waals surface area contributed by atoms with Crippen molar-refractivity contribution in [2.75, 3.05) is 18.5 Å². The molecule has 1 atom stereocenters. The second-order valence-corrected chi connectivity index (χ2v) is 4.66. The topological polar surface area (TPSA) is 102 Å². The van der Waals surface area contributed by atoms with E-state index in [0.717, 1.165) is 19.3 Å². The third kappa shape index (κ3) is 3.45. The van der Waals surface area contributed by atoms with Gasteiger partial charge in [0.05, 0.1) is 16.6 Å². The van der Waals surface area contributed by atoms with Gasteiger partial charge < -0.3 is 15.2 Å². The molecule has 7 nitrogen and oxygen atoms in total. The molecule has 0 amide bonds. The predicted molar refractivity (Wildman–Crippen MR) is 72.1 cm³/mol. The first kappa shape index (κ1) is 14.3. The van der Waals surface area contributed by atoms with E-state index in [1.807, 2.05) is 0 Å². The Bertz CT molecular complexity index is 511. The molecule has 0 aromatic heterocycles. The highest BCUT2D eigenvalue weighted by molar-refractivity contribution is 5.90. The number of hydrogen-bond donors (Lipinski definition) is 2. The third-order valence-corrected chi connectivity index (χ3v) is 3.23. The molecule has 1 aromatic rings. The molecule has 1 saturated heterocycles. The summed E-state index contributed by atoms with van der Waals surface area (Å²) in [6.07, 6.45) is 3.02. The van der Waals surface area contributed by atoms with Gasteiger partial charge in [-0.05, 0) is 31.4 Å². The van der Waals surface area contributed by atoms with Crippen LogP contribution >= 0.6 is 0 Å². The zero-order valence-corrected chi connectivity index (χ0v) is 10.9. The van der Waals surface area contributed by atoms with Gasteiger partial charge in [0.2, 0.25) is 0 Å². The summed E-state index contributed by atoms with van der Waals surface area (Å²) in [5.74, 6) is -1.11. The maximum Gasteiger partial charge on any atom is 0.335 e. The summed E-state index contributed by atoms with van der Waals surface area (Å²) >= 11 is 0. The number of nitrogens with one attached hydrogen (secondary N) is 1. The van der Waals surface area contributed by atoms with Gasteiger partial charge in [-0.3, -0.25) is 10.1 Å². The van der Waals surface area contributed by atoms with Gasteiger partial charge in [0, 0.05) is 19.2 Å². The Morgan fingerprint density at radius 2 is 2.30 bits per heavy atom. The standard InChI is InChI=1S/C13H16N2O5/c16-13(17)9-4-5-12(15(18)19)11(7-9)14-8-10-3-1-2-6-20-10/h4-5,7,10,14H,1-3,6,8H2,(H,16,17)/t10-/m0/s1. The van der Waals surface area contributed by atoms with Crippen molar-refractivity contribution in [1.82, 2.24) is 0 Å². The third-order valence-electron chi connectivity index (χ3n) is 3.23. The van der Waals surface area contributed by atoms with Gasteiger partial charge in [-0.25, -0.2) is 4.79 Å². The van der Waals surface area contributed by atoms with Crippen molar-refractivity contribution in [2.24, 2.45) is 0 Å². The Morgan fingerprint density at radius 3 is 2.90 bits per heavy atom. The van der Waals surface area contributed by atoms with Gasteiger partial charge in [0.15, 0.2) is 0 Å². The lowest BCUT2D eigenvalue weighted by Crippen LogP contribution is -2.27. The number of aromatic carboxylic acids is 1. The summed E-state index contributed by atoms with van der Waals surface area (Å²) in [4.78, 5) is 21.3. The number of carbonyl (C=O) groups is 1. The first-order valence-electron chi connectivity index (χ1n) is 6.45. The molecule has 0 bridgehead atoms. The molecule has 2 N–H and O–H groups in total. The lowest BCUT2D eigenvalue weighted by molar-refractivity contribution is -0.384. The minimum absolute atomic E-state index is 0.0110. The molecule has 1 fully saturated rings. The van der Waals surface area contributed by atoms with Crippen molar-refractivity contribution >= 4 is 17.3 Å². The van der Waals surface area contributed by atoms with E-state index in [0.29, 0.717) is 13.2 Å². The van der Waals surface area contributed by atoms with Gasteiger partial charge in [0.25, 0.3) is 5.69 Å². The molecule has 20 heavy (non-hydrogen) atoms. The Kier molecular flexibility index (Phi) is 4.52. The van der Waals surface area contributed by atoms with Gasteiger partial charge >= 0.3 is 5.97 Å². The zero-order chi connectivity index (χ0) is 14.5. The molecule has 1 heterocycles. The van der Waals surface area contributed by atoms with E-state index >= 15 is 0 Å². The number of nitro groups is 1. The molecule has 1 aliphatic rings. The molecule has 2 rings (SSSR count). The second-order valence-electron chi connectivity index (χ2n) is 4.66. The predicted octanol–water partition coefficient (Wildman–Crippen LogP) is 2.27. The minimum Gasteiger partial charge on any atom is -0.478 e. The Balaban J connectivity index is 2.12. The summed E-state index contributed by atoms with van der Waals surface area (Å²) in [5, 5.41) is 22.8. The van der Waals surface area contributed by atoms with Crippen LogP contribution in [0.15, 0.2) is 18.2 Å². The van der Waals surface area contributed by atoms with E-state index in [9.17, 15) is 14.9 Å². The van der Waals surface area contributed by atoms with Gasteiger partial charge in [0.1, 0.15) is 5.69 Å². The lowest BCUT2D eigenvalue weighted by atomic mass is 10.1. The van der Waals surface area contributed by atoms with E-state index in [1.54, 1.807) is 0 Å². The maximum atomic E-state index is 10.9. The molecule has 0 aliphatic carbocycles. The molecule has 108 valence electrons. The Labute approximate surface area is 115 Å². The first-order valence-corrected chi connectivity index (χ1v) is 6.45. The van der Waals surface area contributed by atoms with Crippen LogP contribution in [0.5, 0.6) is 0 Å². The van der Waals surface area contributed by atoms with E-state index in [1.165, 1.54) is 18.2 Å². The van der Waals surface area contributed by atoms with Crippen molar-refractivity contribution in [3.05, 3.63) is 33.9 Å². The molecule has 0 spiro atoms. The van der Waals surface area contributed by atoms with E-state index in [-0.39, 0.29) is 23.0 Å². The monoisotopic (exact) mass is 280 g/mol. The maximum absolute atomic E-state index is 10.9. The van der Waals surface area contributed by atoms with Crippen molar-refractivity contribution in [3.63, 3.8) is 0 Å². The van der Waals surface area contributed by atoms with Crippen LogP contribution in [0.2, 0.25) is 0 Å². The van der Waals surface area contributed by atoms with Crippen molar-refractivity contribution < 1.29 is 19.6 Å². The molecule has 1 aliphatic heterocycles. The van der Waals surface area contributed by atoms with Crippen LogP contribution < -0.4 is 5.32 Å². The summed E-state index contributed by atoms with van der Waals surface area (Å²) in [5.41, 5.74) is 0.0949. The normalized spacial score (nSPS) is 18.5. The summed E-state index contributed by atoms with van der Waals surface area (Å²) in [7, 11) is 0. The van der Waals surface area contributed by atoms with E-state index < -0.39 is 10.9 Å². The first-order chi connectivity index (χ1) is 9.58. The zero-order valence-electron chi connectivity index (χ0n) is 10.9. The van der Waals surface area contributed by atoms with Gasteiger partial charge in [-0.1, -0.05) is 0 Å². The van der Waals surface area contributed by atoms with Crippen molar-refractivity contribution in [3.8, 4) is 0 Å². The molecule has 7 heteroatoms. The fourth-order valence-electron chi connectivity index (χ4n) is 2.16. The number of carboxylic acids is 1. The number of hydrogen-bond acceptors (Lipinski definition) is 5.